The SMILES string of the molecule is CC(/C=N\NC(=O)c1ccc(OCC(C)C)cc1)=N/NC(=O)c1ccc(OCC(C)C)cc1. The van der Waals surface area contributed by atoms with Crippen LogP contribution in [0.2, 0.25) is 0 Å². The molecule has 2 aromatic rings. The van der Waals surface area contributed by atoms with Crippen LogP contribution >= 0.6 is 0 Å². The third-order valence-corrected chi connectivity index (χ3v) is 4.15. The van der Waals surface area contributed by atoms with Gasteiger partial charge in [0.05, 0.1) is 25.1 Å². The summed E-state index contributed by atoms with van der Waals surface area (Å²) in [5.74, 6) is 1.54. The van der Waals surface area contributed by atoms with Crippen molar-refractivity contribution in [1.29, 1.82) is 0 Å². The lowest BCUT2D eigenvalue weighted by molar-refractivity contribution is 0.0946. The van der Waals surface area contributed by atoms with Gasteiger partial charge in [-0.05, 0) is 67.3 Å². The molecule has 0 aliphatic carbocycles. The summed E-state index contributed by atoms with van der Waals surface area (Å²) in [6, 6.07) is 13.6. The minimum atomic E-state index is -0.363. The maximum atomic E-state index is 12.2. The summed E-state index contributed by atoms with van der Waals surface area (Å²) in [5, 5.41) is 7.84. The topological polar surface area (TPSA) is 101 Å². The van der Waals surface area contributed by atoms with Crippen LogP contribution < -0.4 is 20.3 Å². The lowest BCUT2D eigenvalue weighted by Gasteiger charge is -2.09. The summed E-state index contributed by atoms with van der Waals surface area (Å²) in [5.41, 5.74) is 6.20. The van der Waals surface area contributed by atoms with Gasteiger partial charge in [-0.2, -0.15) is 10.2 Å². The van der Waals surface area contributed by atoms with Gasteiger partial charge in [-0.3, -0.25) is 9.59 Å². The standard InChI is InChI=1S/C25H32N4O4/c1-17(2)15-32-22-10-6-20(7-11-22)24(30)28-26-14-19(5)27-29-25(31)21-8-12-23(13-9-21)33-16-18(3)4/h6-14,17-18H,15-16H2,1-5H3,(H,28,30)(H,29,31)/b26-14-,27-19-. The lowest BCUT2D eigenvalue weighted by atomic mass is 10.2. The van der Waals surface area contributed by atoms with Crippen LogP contribution in [0.15, 0.2) is 58.7 Å². The first-order valence-corrected chi connectivity index (χ1v) is 10.9. The fraction of sp³-hybridized carbons (Fsp3) is 0.360. The Morgan fingerprint density at radius 3 is 1.64 bits per heavy atom. The van der Waals surface area contributed by atoms with Crippen LogP contribution in [0.3, 0.4) is 0 Å². The average Bonchev–Trinajstić information content (AvgIpc) is 2.80. The summed E-state index contributed by atoms with van der Waals surface area (Å²) >= 11 is 0. The number of benzene rings is 2. The van der Waals surface area contributed by atoms with Gasteiger partial charge in [-0.1, -0.05) is 27.7 Å². The minimum absolute atomic E-state index is 0.359. The molecular formula is C25H32N4O4. The van der Waals surface area contributed by atoms with E-state index in [9.17, 15) is 9.59 Å². The number of nitrogens with zero attached hydrogens (tertiary/aromatic N) is 2. The molecule has 0 saturated carbocycles. The van der Waals surface area contributed by atoms with Crippen molar-refractivity contribution in [2.24, 2.45) is 22.0 Å². The molecule has 0 unspecified atom stereocenters. The van der Waals surface area contributed by atoms with Crippen LogP contribution in [0, 0.1) is 11.8 Å². The molecule has 33 heavy (non-hydrogen) atoms. The van der Waals surface area contributed by atoms with E-state index in [-0.39, 0.29) is 11.8 Å². The van der Waals surface area contributed by atoms with Gasteiger partial charge in [0.25, 0.3) is 11.8 Å². The van der Waals surface area contributed by atoms with Crippen molar-refractivity contribution in [1.82, 2.24) is 10.9 Å². The Hall–Kier alpha value is -3.68. The molecule has 8 nitrogen and oxygen atoms in total. The highest BCUT2D eigenvalue weighted by atomic mass is 16.5. The number of hydrazone groups is 2. The Bertz CT molecular complexity index is 965. The molecule has 2 amide bonds. The summed E-state index contributed by atoms with van der Waals surface area (Å²) in [4.78, 5) is 24.4. The number of hydrogen-bond donors (Lipinski definition) is 2. The molecule has 2 aromatic carbocycles. The molecule has 2 N–H and O–H groups in total. The van der Waals surface area contributed by atoms with E-state index in [1.54, 1.807) is 55.5 Å². The number of rotatable bonds is 11. The average molecular weight is 453 g/mol. The van der Waals surface area contributed by atoms with Crippen LogP contribution in [-0.4, -0.2) is 37.0 Å². The van der Waals surface area contributed by atoms with Crippen LogP contribution in [0.4, 0.5) is 0 Å². The van der Waals surface area contributed by atoms with E-state index in [1.165, 1.54) is 6.21 Å². The Morgan fingerprint density at radius 1 is 0.788 bits per heavy atom. The van der Waals surface area contributed by atoms with E-state index in [4.69, 9.17) is 9.47 Å². The largest absolute Gasteiger partial charge is 0.493 e. The molecule has 176 valence electrons. The number of nitrogens with one attached hydrogen (secondary N) is 2. The van der Waals surface area contributed by atoms with E-state index in [0.29, 0.717) is 53.4 Å². The Balaban J connectivity index is 1.81. The Morgan fingerprint density at radius 2 is 1.21 bits per heavy atom. The first-order chi connectivity index (χ1) is 15.7. The molecule has 2 rings (SSSR count). The maximum Gasteiger partial charge on any atom is 0.271 e. The molecule has 0 heterocycles. The minimum Gasteiger partial charge on any atom is -0.493 e. The monoisotopic (exact) mass is 452 g/mol. The molecule has 0 fully saturated rings. The van der Waals surface area contributed by atoms with Crippen molar-refractivity contribution in [3.63, 3.8) is 0 Å². The van der Waals surface area contributed by atoms with Crippen LogP contribution in [-0.2, 0) is 0 Å². The highest BCUT2D eigenvalue weighted by Crippen LogP contribution is 2.14. The number of ether oxygens (including phenoxy) is 2. The second-order valence-electron chi connectivity index (χ2n) is 8.35. The zero-order valence-electron chi connectivity index (χ0n) is 19.8. The van der Waals surface area contributed by atoms with Gasteiger partial charge in [0, 0.05) is 11.1 Å². The van der Waals surface area contributed by atoms with Crippen LogP contribution in [0.25, 0.3) is 0 Å². The maximum absolute atomic E-state index is 12.2. The summed E-state index contributed by atoms with van der Waals surface area (Å²) in [6.07, 6.45) is 1.35. The quantitative estimate of drug-likeness (QED) is 0.392. The predicted molar refractivity (Wildman–Crippen MR) is 130 cm³/mol. The van der Waals surface area contributed by atoms with Gasteiger partial charge in [-0.25, -0.2) is 10.9 Å². The summed E-state index contributed by atoms with van der Waals surface area (Å²) < 4.78 is 11.2. The lowest BCUT2D eigenvalue weighted by Crippen LogP contribution is -2.21. The predicted octanol–water partition coefficient (Wildman–Crippen LogP) is 4.28. The Kier molecular flexibility index (Phi) is 10.1. The van der Waals surface area contributed by atoms with Crippen molar-refractivity contribution < 1.29 is 19.1 Å². The molecule has 0 aromatic heterocycles. The van der Waals surface area contributed by atoms with Crippen LogP contribution in [0.5, 0.6) is 11.5 Å². The van der Waals surface area contributed by atoms with Gasteiger partial charge in [0.1, 0.15) is 11.5 Å². The van der Waals surface area contributed by atoms with E-state index in [1.807, 2.05) is 0 Å². The summed E-state index contributed by atoms with van der Waals surface area (Å²) in [6.45, 7) is 11.2. The smallest absolute Gasteiger partial charge is 0.271 e. The van der Waals surface area contributed by atoms with E-state index in [2.05, 4.69) is 48.7 Å². The van der Waals surface area contributed by atoms with Gasteiger partial charge in [-0.15, -0.1) is 0 Å². The third kappa shape index (κ3) is 9.55. The second kappa shape index (κ2) is 13.0. The zero-order valence-corrected chi connectivity index (χ0v) is 19.8. The fourth-order valence-electron chi connectivity index (χ4n) is 2.41. The van der Waals surface area contributed by atoms with Gasteiger partial charge in [0.2, 0.25) is 0 Å². The third-order valence-electron chi connectivity index (χ3n) is 4.15. The normalized spacial score (nSPS) is 11.7. The van der Waals surface area contributed by atoms with Crippen LogP contribution in [0.1, 0.15) is 55.3 Å². The fourth-order valence-corrected chi connectivity index (χ4v) is 2.41. The van der Waals surface area contributed by atoms with E-state index >= 15 is 0 Å². The van der Waals surface area contributed by atoms with Crippen molar-refractivity contribution >= 4 is 23.7 Å². The zero-order chi connectivity index (χ0) is 24.2. The molecule has 0 aliphatic heterocycles. The van der Waals surface area contributed by atoms with Gasteiger partial charge >= 0.3 is 0 Å². The van der Waals surface area contributed by atoms with Crippen molar-refractivity contribution in [3.05, 3.63) is 59.7 Å². The molecule has 0 saturated heterocycles. The molecular weight excluding hydrogens is 420 g/mol. The van der Waals surface area contributed by atoms with Crippen molar-refractivity contribution in [2.75, 3.05) is 13.2 Å². The first kappa shape index (κ1) is 25.6. The highest BCUT2D eigenvalue weighted by Gasteiger charge is 2.06. The second-order valence-corrected chi connectivity index (χ2v) is 8.35. The Labute approximate surface area is 195 Å². The number of amides is 2. The molecule has 0 bridgehead atoms. The number of carbonyl (C=O) groups is 2. The van der Waals surface area contributed by atoms with E-state index < -0.39 is 0 Å². The van der Waals surface area contributed by atoms with Crippen molar-refractivity contribution in [3.8, 4) is 11.5 Å². The van der Waals surface area contributed by atoms with E-state index in [0.717, 1.165) is 0 Å². The molecule has 0 aliphatic rings. The number of hydrogen-bond acceptors (Lipinski definition) is 6. The molecule has 0 atom stereocenters. The number of carbonyl (C=O) groups excluding carboxylic acids is 2. The molecule has 0 spiro atoms. The molecule has 8 heteroatoms. The highest BCUT2D eigenvalue weighted by molar-refractivity contribution is 6.29. The summed E-state index contributed by atoms with van der Waals surface area (Å²) in [7, 11) is 0. The van der Waals surface area contributed by atoms with Crippen molar-refractivity contribution in [2.45, 2.75) is 34.6 Å². The molecule has 0 radical (unpaired) electrons. The van der Waals surface area contributed by atoms with Gasteiger partial charge < -0.3 is 9.47 Å². The first-order valence-electron chi connectivity index (χ1n) is 10.9. The van der Waals surface area contributed by atoms with Gasteiger partial charge in [0.15, 0.2) is 0 Å².